The molecule has 0 bridgehead atoms. The fourth-order valence-electron chi connectivity index (χ4n) is 2.85. The first-order valence-corrected chi connectivity index (χ1v) is 8.46. The number of hydrogen-bond donors (Lipinski definition) is 2. The highest BCUT2D eigenvalue weighted by atomic mass is 19.1. The van der Waals surface area contributed by atoms with Crippen molar-refractivity contribution < 1.29 is 9.18 Å². The summed E-state index contributed by atoms with van der Waals surface area (Å²) in [5, 5.41) is 12.8. The van der Waals surface area contributed by atoms with Gasteiger partial charge in [0, 0.05) is 23.2 Å². The fraction of sp³-hybridized carbons (Fsp3) is 0.190. The molecule has 0 spiro atoms. The number of aromatic nitrogens is 1. The molecular weight excluding hydrogens is 345 g/mol. The number of carbonyl (C=O) groups is 1. The van der Waals surface area contributed by atoms with Crippen LogP contribution in [-0.2, 0) is 11.2 Å². The summed E-state index contributed by atoms with van der Waals surface area (Å²) < 4.78 is 13.0. The largest absolute Gasteiger partial charge is 0.325 e. The van der Waals surface area contributed by atoms with Crippen molar-refractivity contribution in [1.82, 2.24) is 4.98 Å². The van der Waals surface area contributed by atoms with Gasteiger partial charge >= 0.3 is 0 Å². The topological polar surface area (TPSA) is 85.8 Å². The predicted octanol–water partition coefficient (Wildman–Crippen LogP) is 3.61. The van der Waals surface area contributed by atoms with Crippen molar-refractivity contribution >= 4 is 22.5 Å². The highest BCUT2D eigenvalue weighted by Crippen LogP contribution is 2.19. The normalized spacial score (nSPS) is 11.8. The van der Waals surface area contributed by atoms with Crippen molar-refractivity contribution in [2.45, 2.75) is 20.3 Å². The molecule has 0 aliphatic carbocycles. The molecule has 3 aromatic rings. The van der Waals surface area contributed by atoms with Crippen LogP contribution in [0.5, 0.6) is 0 Å². The van der Waals surface area contributed by atoms with Gasteiger partial charge in [0.05, 0.1) is 6.07 Å². The van der Waals surface area contributed by atoms with Crippen LogP contribution in [0.25, 0.3) is 10.9 Å². The number of rotatable bonds is 4. The SMILES string of the molecule is Cc1cc2cc(C[C@H](C#N)C(=O)Nc3ccc(F)cc3)c(=O)[nH]c2cc1C. The van der Waals surface area contributed by atoms with Crippen molar-refractivity contribution in [2.75, 3.05) is 5.32 Å². The lowest BCUT2D eigenvalue weighted by atomic mass is 9.98. The average molecular weight is 363 g/mol. The fourth-order valence-corrected chi connectivity index (χ4v) is 2.85. The molecule has 0 radical (unpaired) electrons. The monoisotopic (exact) mass is 363 g/mol. The van der Waals surface area contributed by atoms with E-state index in [9.17, 15) is 19.2 Å². The number of aryl methyl sites for hydroxylation is 2. The van der Waals surface area contributed by atoms with Gasteiger partial charge in [-0.3, -0.25) is 9.59 Å². The maximum absolute atomic E-state index is 13.0. The van der Waals surface area contributed by atoms with Gasteiger partial charge in [0.15, 0.2) is 0 Å². The number of pyridine rings is 1. The first-order chi connectivity index (χ1) is 12.9. The van der Waals surface area contributed by atoms with Gasteiger partial charge < -0.3 is 10.3 Å². The number of hydrogen-bond acceptors (Lipinski definition) is 3. The second-order valence-corrected chi connectivity index (χ2v) is 6.53. The third kappa shape index (κ3) is 4.04. The van der Waals surface area contributed by atoms with Crippen molar-refractivity contribution in [2.24, 2.45) is 5.92 Å². The zero-order chi connectivity index (χ0) is 19.6. The number of nitriles is 1. The number of amides is 1. The van der Waals surface area contributed by atoms with Crippen LogP contribution >= 0.6 is 0 Å². The van der Waals surface area contributed by atoms with Crippen molar-refractivity contribution in [3.8, 4) is 6.07 Å². The van der Waals surface area contributed by atoms with E-state index in [1.807, 2.05) is 32.0 Å². The number of fused-ring (bicyclic) bond motifs is 1. The van der Waals surface area contributed by atoms with Crippen molar-refractivity contribution in [3.63, 3.8) is 0 Å². The molecule has 3 rings (SSSR count). The van der Waals surface area contributed by atoms with E-state index >= 15 is 0 Å². The minimum Gasteiger partial charge on any atom is -0.325 e. The molecule has 0 aliphatic heterocycles. The van der Waals surface area contributed by atoms with Gasteiger partial charge in [0.25, 0.3) is 5.56 Å². The predicted molar refractivity (Wildman–Crippen MR) is 102 cm³/mol. The molecule has 1 heterocycles. The summed E-state index contributed by atoms with van der Waals surface area (Å²) in [5.41, 5.74) is 3.31. The number of aromatic amines is 1. The minimum atomic E-state index is -1.04. The molecule has 136 valence electrons. The summed E-state index contributed by atoms with van der Waals surface area (Å²) >= 11 is 0. The van der Waals surface area contributed by atoms with Crippen LogP contribution in [0.4, 0.5) is 10.1 Å². The Bertz CT molecular complexity index is 1110. The van der Waals surface area contributed by atoms with Gasteiger partial charge in [-0.15, -0.1) is 0 Å². The molecule has 2 aromatic carbocycles. The summed E-state index contributed by atoms with van der Waals surface area (Å²) in [6.07, 6.45) is -0.0122. The second kappa shape index (κ2) is 7.42. The molecule has 1 amide bonds. The van der Waals surface area contributed by atoms with Gasteiger partial charge in [-0.25, -0.2) is 4.39 Å². The number of nitrogens with one attached hydrogen (secondary N) is 2. The van der Waals surface area contributed by atoms with Gasteiger partial charge in [-0.05, 0) is 72.8 Å². The van der Waals surface area contributed by atoms with Crippen LogP contribution in [0.15, 0.2) is 47.3 Å². The molecule has 27 heavy (non-hydrogen) atoms. The van der Waals surface area contributed by atoms with Gasteiger partial charge in [-0.1, -0.05) is 0 Å². The quantitative estimate of drug-likeness (QED) is 0.742. The molecular formula is C21H18FN3O2. The van der Waals surface area contributed by atoms with E-state index in [1.54, 1.807) is 6.07 Å². The summed E-state index contributed by atoms with van der Waals surface area (Å²) in [6.45, 7) is 3.94. The highest BCUT2D eigenvalue weighted by Gasteiger charge is 2.20. The Morgan fingerprint density at radius 1 is 1.19 bits per heavy atom. The number of nitrogens with zero attached hydrogens (tertiary/aromatic N) is 1. The zero-order valence-electron chi connectivity index (χ0n) is 15.0. The molecule has 1 aromatic heterocycles. The van der Waals surface area contributed by atoms with Crippen LogP contribution in [0.1, 0.15) is 16.7 Å². The summed E-state index contributed by atoms with van der Waals surface area (Å²) in [5.74, 6) is -2.00. The van der Waals surface area contributed by atoms with Crippen molar-refractivity contribution in [3.05, 3.63) is 75.3 Å². The highest BCUT2D eigenvalue weighted by molar-refractivity contribution is 5.94. The van der Waals surface area contributed by atoms with Gasteiger partial charge in [-0.2, -0.15) is 5.26 Å². The van der Waals surface area contributed by atoms with E-state index in [0.29, 0.717) is 11.3 Å². The number of anilines is 1. The third-order valence-corrected chi connectivity index (χ3v) is 4.54. The molecule has 6 heteroatoms. The van der Waals surface area contributed by atoms with E-state index in [1.165, 1.54) is 24.3 Å². The molecule has 0 unspecified atom stereocenters. The van der Waals surface area contributed by atoms with Crippen LogP contribution in [0.3, 0.4) is 0 Å². The molecule has 0 saturated heterocycles. The maximum Gasteiger partial charge on any atom is 0.251 e. The molecule has 0 aliphatic rings. The molecule has 0 saturated carbocycles. The first kappa shape index (κ1) is 18.3. The van der Waals surface area contributed by atoms with Crippen LogP contribution in [0.2, 0.25) is 0 Å². The average Bonchev–Trinajstić information content (AvgIpc) is 2.63. The Hall–Kier alpha value is -3.46. The maximum atomic E-state index is 13.0. The standard InChI is InChI=1S/C21H18FN3O2/c1-12-7-14-9-15(20(26)25-19(14)8-13(12)2)10-16(11-23)21(27)24-18-5-3-17(22)4-6-18/h3-9,16H,10H2,1-2H3,(H,24,27)(H,25,26)/t16-/m1/s1. The Balaban J connectivity index is 1.85. The van der Waals surface area contributed by atoms with E-state index in [-0.39, 0.29) is 12.0 Å². The zero-order valence-corrected chi connectivity index (χ0v) is 15.0. The molecule has 0 fully saturated rings. The van der Waals surface area contributed by atoms with Gasteiger partial charge in [0.2, 0.25) is 5.91 Å². The first-order valence-electron chi connectivity index (χ1n) is 8.46. The number of halogens is 1. The Kier molecular flexibility index (Phi) is 5.04. The molecule has 2 N–H and O–H groups in total. The lowest BCUT2D eigenvalue weighted by molar-refractivity contribution is -0.118. The van der Waals surface area contributed by atoms with E-state index in [0.717, 1.165) is 22.0 Å². The van der Waals surface area contributed by atoms with Gasteiger partial charge in [0.1, 0.15) is 11.7 Å². The second-order valence-electron chi connectivity index (χ2n) is 6.53. The number of benzene rings is 2. The van der Waals surface area contributed by atoms with E-state index in [4.69, 9.17) is 0 Å². The van der Waals surface area contributed by atoms with E-state index in [2.05, 4.69) is 10.3 Å². The number of H-pyrrole nitrogens is 1. The van der Waals surface area contributed by atoms with Crippen molar-refractivity contribution in [1.29, 1.82) is 5.26 Å². The minimum absolute atomic E-state index is 0.0122. The van der Waals surface area contributed by atoms with Crippen LogP contribution in [0, 0.1) is 36.9 Å². The summed E-state index contributed by atoms with van der Waals surface area (Å²) in [6, 6.07) is 12.8. The Morgan fingerprint density at radius 3 is 2.52 bits per heavy atom. The molecule has 5 nitrogen and oxygen atoms in total. The van der Waals surface area contributed by atoms with E-state index < -0.39 is 17.6 Å². The molecule has 1 atom stereocenters. The summed E-state index contributed by atoms with van der Waals surface area (Å²) in [7, 11) is 0. The smallest absolute Gasteiger partial charge is 0.251 e. The Morgan fingerprint density at radius 2 is 1.85 bits per heavy atom. The lowest BCUT2D eigenvalue weighted by Gasteiger charge is -2.11. The number of carbonyl (C=O) groups excluding carboxylic acids is 1. The van der Waals surface area contributed by atoms with Crippen LogP contribution < -0.4 is 10.9 Å². The van der Waals surface area contributed by atoms with Crippen LogP contribution in [-0.4, -0.2) is 10.9 Å². The third-order valence-electron chi connectivity index (χ3n) is 4.54. The lowest BCUT2D eigenvalue weighted by Crippen LogP contribution is -2.26. The summed E-state index contributed by atoms with van der Waals surface area (Å²) in [4.78, 5) is 27.5. The Labute approximate surface area is 155 Å².